The highest BCUT2D eigenvalue weighted by Gasteiger charge is 2.23. The molecule has 0 unspecified atom stereocenters. The smallest absolute Gasteiger partial charge is 0.409 e. The number of anilines is 3. The highest BCUT2D eigenvalue weighted by molar-refractivity contribution is 6.31. The Bertz CT molecular complexity index is 822. The maximum Gasteiger partial charge on any atom is 0.409 e. The molecule has 1 fully saturated rings. The number of benzene rings is 1. The quantitative estimate of drug-likeness (QED) is 0.858. The lowest BCUT2D eigenvalue weighted by atomic mass is 10.2. The first kappa shape index (κ1) is 19.2. The molecule has 27 heavy (non-hydrogen) atoms. The predicted octanol–water partition coefficient (Wildman–Crippen LogP) is 3.77. The molecule has 2 heterocycles. The molecule has 0 radical (unpaired) electrons. The van der Waals surface area contributed by atoms with Crippen LogP contribution in [-0.4, -0.2) is 53.7 Å². The molecule has 1 saturated heterocycles. The van der Waals surface area contributed by atoms with Crippen LogP contribution in [0.3, 0.4) is 0 Å². The molecule has 0 bridgehead atoms. The van der Waals surface area contributed by atoms with Gasteiger partial charge in [-0.15, -0.1) is 0 Å². The van der Waals surface area contributed by atoms with Crippen molar-refractivity contribution in [2.24, 2.45) is 0 Å². The number of rotatable bonds is 4. The fourth-order valence-corrected chi connectivity index (χ4v) is 3.08. The molecule has 1 aromatic heterocycles. The van der Waals surface area contributed by atoms with Crippen molar-refractivity contribution in [3.8, 4) is 0 Å². The summed E-state index contributed by atoms with van der Waals surface area (Å²) < 4.78 is 5.07. The van der Waals surface area contributed by atoms with Crippen molar-refractivity contribution in [3.05, 3.63) is 40.5 Å². The van der Waals surface area contributed by atoms with E-state index in [-0.39, 0.29) is 6.09 Å². The summed E-state index contributed by atoms with van der Waals surface area (Å²) in [6.45, 7) is 8.72. The van der Waals surface area contributed by atoms with E-state index >= 15 is 0 Å². The summed E-state index contributed by atoms with van der Waals surface area (Å²) in [5, 5.41) is 3.92. The van der Waals surface area contributed by atoms with E-state index in [1.165, 1.54) is 0 Å². The molecule has 144 valence electrons. The van der Waals surface area contributed by atoms with Gasteiger partial charge in [0.2, 0.25) is 5.95 Å². The normalized spacial score (nSPS) is 14.2. The van der Waals surface area contributed by atoms with E-state index in [9.17, 15) is 4.79 Å². The first-order chi connectivity index (χ1) is 13.0. The molecule has 0 saturated carbocycles. The van der Waals surface area contributed by atoms with Crippen LogP contribution in [0, 0.1) is 13.8 Å². The average molecular weight is 390 g/mol. The van der Waals surface area contributed by atoms with Gasteiger partial charge in [-0.25, -0.2) is 9.78 Å². The van der Waals surface area contributed by atoms with Crippen LogP contribution < -0.4 is 10.2 Å². The highest BCUT2D eigenvalue weighted by Crippen LogP contribution is 2.23. The summed E-state index contributed by atoms with van der Waals surface area (Å²) >= 11 is 6.19. The molecule has 2 aromatic rings. The zero-order valence-electron chi connectivity index (χ0n) is 15.8. The Kier molecular flexibility index (Phi) is 6.01. The van der Waals surface area contributed by atoms with Gasteiger partial charge in [-0.1, -0.05) is 17.7 Å². The number of aromatic nitrogens is 2. The van der Waals surface area contributed by atoms with Crippen LogP contribution in [0.5, 0.6) is 0 Å². The average Bonchev–Trinajstić information content (AvgIpc) is 2.65. The van der Waals surface area contributed by atoms with E-state index in [1.54, 1.807) is 4.90 Å². The van der Waals surface area contributed by atoms with Crippen LogP contribution in [0.4, 0.5) is 22.2 Å². The third-order valence-corrected chi connectivity index (χ3v) is 4.81. The van der Waals surface area contributed by atoms with Crippen LogP contribution in [-0.2, 0) is 4.74 Å². The SMILES string of the molecule is CCOC(=O)N1CCN(c2cc(C)nc(Nc3ccc(C)c(Cl)c3)n2)CC1. The number of aryl methyl sites for hydroxylation is 2. The second kappa shape index (κ2) is 8.43. The minimum atomic E-state index is -0.255. The van der Waals surface area contributed by atoms with E-state index in [1.807, 2.05) is 45.0 Å². The van der Waals surface area contributed by atoms with Crippen molar-refractivity contribution >= 4 is 35.1 Å². The standard InChI is InChI=1S/C19H24ClN5O2/c1-4-27-19(26)25-9-7-24(8-10-25)17-11-14(3)21-18(23-17)22-15-6-5-13(2)16(20)12-15/h5-6,11-12H,4,7-10H2,1-3H3,(H,21,22,23). The lowest BCUT2D eigenvalue weighted by Crippen LogP contribution is -2.49. The predicted molar refractivity (Wildman–Crippen MR) is 107 cm³/mol. The summed E-state index contributed by atoms with van der Waals surface area (Å²) in [5.41, 5.74) is 2.73. The zero-order valence-corrected chi connectivity index (χ0v) is 16.6. The van der Waals surface area contributed by atoms with E-state index in [0.29, 0.717) is 43.8 Å². The van der Waals surface area contributed by atoms with E-state index < -0.39 is 0 Å². The van der Waals surface area contributed by atoms with Crippen molar-refractivity contribution in [1.82, 2.24) is 14.9 Å². The van der Waals surface area contributed by atoms with Crippen molar-refractivity contribution in [1.29, 1.82) is 0 Å². The molecule has 8 heteroatoms. The maximum atomic E-state index is 11.8. The van der Waals surface area contributed by atoms with Crippen molar-refractivity contribution in [2.75, 3.05) is 43.0 Å². The molecule has 1 aliphatic heterocycles. The van der Waals surface area contributed by atoms with Gasteiger partial charge in [0.1, 0.15) is 5.82 Å². The third kappa shape index (κ3) is 4.80. The van der Waals surface area contributed by atoms with Crippen molar-refractivity contribution in [2.45, 2.75) is 20.8 Å². The monoisotopic (exact) mass is 389 g/mol. The van der Waals surface area contributed by atoms with Gasteiger partial charge in [-0.2, -0.15) is 4.98 Å². The van der Waals surface area contributed by atoms with Crippen LogP contribution in [0.2, 0.25) is 5.02 Å². The number of halogens is 1. The number of piperazine rings is 1. The lowest BCUT2D eigenvalue weighted by molar-refractivity contribution is 0.105. The van der Waals surface area contributed by atoms with Crippen LogP contribution in [0.1, 0.15) is 18.2 Å². The molecular weight excluding hydrogens is 366 g/mol. The van der Waals surface area contributed by atoms with Crippen molar-refractivity contribution in [3.63, 3.8) is 0 Å². The van der Waals surface area contributed by atoms with Gasteiger partial charge in [-0.05, 0) is 38.5 Å². The number of carbonyl (C=O) groups excluding carboxylic acids is 1. The number of hydrogen-bond donors (Lipinski definition) is 1. The molecule has 1 aliphatic rings. The van der Waals surface area contributed by atoms with E-state index in [4.69, 9.17) is 16.3 Å². The van der Waals surface area contributed by atoms with Crippen LogP contribution in [0.15, 0.2) is 24.3 Å². The highest BCUT2D eigenvalue weighted by atomic mass is 35.5. The summed E-state index contributed by atoms with van der Waals surface area (Å²) in [5.74, 6) is 1.37. The summed E-state index contributed by atoms with van der Waals surface area (Å²) in [6, 6.07) is 7.72. The number of carbonyl (C=O) groups is 1. The number of ether oxygens (including phenoxy) is 1. The molecule has 1 aromatic carbocycles. The molecule has 1 N–H and O–H groups in total. The number of nitrogens with zero attached hydrogens (tertiary/aromatic N) is 4. The van der Waals surface area contributed by atoms with Gasteiger partial charge in [-0.3, -0.25) is 0 Å². The summed E-state index contributed by atoms with van der Waals surface area (Å²) in [4.78, 5) is 24.8. The van der Waals surface area contributed by atoms with Crippen molar-refractivity contribution < 1.29 is 9.53 Å². The molecule has 0 spiro atoms. The number of hydrogen-bond acceptors (Lipinski definition) is 6. The first-order valence-electron chi connectivity index (χ1n) is 9.01. The van der Waals surface area contributed by atoms with Crippen LogP contribution >= 0.6 is 11.6 Å². The molecular formula is C19H24ClN5O2. The fourth-order valence-electron chi connectivity index (χ4n) is 2.90. The Balaban J connectivity index is 1.70. The van der Waals surface area contributed by atoms with E-state index in [0.717, 1.165) is 22.8 Å². The first-order valence-corrected chi connectivity index (χ1v) is 9.39. The van der Waals surface area contributed by atoms with Gasteiger partial charge < -0.3 is 19.9 Å². The zero-order chi connectivity index (χ0) is 19.4. The molecule has 1 amide bonds. The van der Waals surface area contributed by atoms with E-state index in [2.05, 4.69) is 20.2 Å². The molecule has 0 aliphatic carbocycles. The number of nitrogens with one attached hydrogen (secondary N) is 1. The van der Waals surface area contributed by atoms with Gasteiger partial charge in [0.05, 0.1) is 6.61 Å². The Morgan fingerprint density at radius 2 is 1.93 bits per heavy atom. The maximum absolute atomic E-state index is 11.8. The number of amides is 1. The van der Waals surface area contributed by atoms with Crippen LogP contribution in [0.25, 0.3) is 0 Å². The minimum absolute atomic E-state index is 0.255. The van der Waals surface area contributed by atoms with Gasteiger partial charge in [0.15, 0.2) is 0 Å². The largest absolute Gasteiger partial charge is 0.450 e. The Morgan fingerprint density at radius 3 is 2.59 bits per heavy atom. The van der Waals surface area contributed by atoms with Gasteiger partial charge >= 0.3 is 6.09 Å². The minimum Gasteiger partial charge on any atom is -0.450 e. The Morgan fingerprint density at radius 1 is 1.19 bits per heavy atom. The Labute approximate surface area is 164 Å². The second-order valence-electron chi connectivity index (χ2n) is 6.45. The second-order valence-corrected chi connectivity index (χ2v) is 6.86. The summed E-state index contributed by atoms with van der Waals surface area (Å²) in [7, 11) is 0. The molecule has 7 nitrogen and oxygen atoms in total. The summed E-state index contributed by atoms with van der Waals surface area (Å²) in [6.07, 6.45) is -0.255. The Hall–Kier alpha value is -2.54. The lowest BCUT2D eigenvalue weighted by Gasteiger charge is -2.34. The van der Waals surface area contributed by atoms with Gasteiger partial charge in [0, 0.05) is 48.6 Å². The molecule has 0 atom stereocenters. The fraction of sp³-hybridized carbons (Fsp3) is 0.421. The molecule has 3 rings (SSSR count). The topological polar surface area (TPSA) is 70.6 Å². The third-order valence-electron chi connectivity index (χ3n) is 4.40. The van der Waals surface area contributed by atoms with Gasteiger partial charge in [0.25, 0.3) is 0 Å².